The van der Waals surface area contributed by atoms with E-state index in [0.717, 1.165) is 35.6 Å². The van der Waals surface area contributed by atoms with E-state index in [-0.39, 0.29) is 11.9 Å². The second-order valence-electron chi connectivity index (χ2n) is 7.16. The van der Waals surface area contributed by atoms with Crippen LogP contribution in [0.5, 0.6) is 5.75 Å². The van der Waals surface area contributed by atoms with Crippen molar-refractivity contribution in [1.82, 2.24) is 19.6 Å². The average molecular weight is 394 g/mol. The minimum atomic E-state index is -0.179. The molecule has 1 aromatic carbocycles. The molecule has 29 heavy (non-hydrogen) atoms. The molecule has 0 aliphatic carbocycles. The summed E-state index contributed by atoms with van der Waals surface area (Å²) >= 11 is 0. The quantitative estimate of drug-likeness (QED) is 0.696. The highest BCUT2D eigenvalue weighted by atomic mass is 16.5. The standard InChI is InChI=1S/C22H26N4O3/c1-16-6-5-9-26-15-18(24-21(16)26)22(27)23-14-19(25-10-12-29-13-11-25)17-7-3-4-8-20(17)28-2/h3-9,15,19H,10-14H2,1-2H3,(H,23,27)/t19-/m0/s1. The Bertz CT molecular complexity index is 995. The summed E-state index contributed by atoms with van der Waals surface area (Å²) in [6.45, 7) is 5.45. The first-order chi connectivity index (χ1) is 14.2. The first-order valence-corrected chi connectivity index (χ1v) is 9.84. The number of morpholine rings is 1. The monoisotopic (exact) mass is 394 g/mol. The van der Waals surface area contributed by atoms with Crippen molar-refractivity contribution in [3.05, 3.63) is 65.6 Å². The van der Waals surface area contributed by atoms with E-state index in [4.69, 9.17) is 9.47 Å². The van der Waals surface area contributed by atoms with Gasteiger partial charge in [-0.25, -0.2) is 4.98 Å². The van der Waals surface area contributed by atoms with Crippen LogP contribution in [0.3, 0.4) is 0 Å². The fraction of sp³-hybridized carbons (Fsp3) is 0.364. The van der Waals surface area contributed by atoms with Crippen molar-refractivity contribution in [2.75, 3.05) is 40.0 Å². The van der Waals surface area contributed by atoms with Crippen LogP contribution in [0.2, 0.25) is 0 Å². The molecule has 7 nitrogen and oxygen atoms in total. The third-order valence-electron chi connectivity index (χ3n) is 5.35. The van der Waals surface area contributed by atoms with E-state index in [9.17, 15) is 4.79 Å². The molecule has 1 N–H and O–H groups in total. The number of methoxy groups -OCH3 is 1. The number of rotatable bonds is 6. The number of pyridine rings is 1. The van der Waals surface area contributed by atoms with Crippen molar-refractivity contribution < 1.29 is 14.3 Å². The van der Waals surface area contributed by atoms with Gasteiger partial charge in [-0.05, 0) is 24.6 Å². The van der Waals surface area contributed by atoms with E-state index < -0.39 is 0 Å². The number of nitrogens with zero attached hydrogens (tertiary/aromatic N) is 3. The topological polar surface area (TPSA) is 68.1 Å². The Kier molecular flexibility index (Phi) is 5.78. The molecule has 0 radical (unpaired) electrons. The number of aryl methyl sites for hydroxylation is 1. The highest BCUT2D eigenvalue weighted by molar-refractivity contribution is 5.93. The third kappa shape index (κ3) is 4.11. The molecule has 1 aliphatic heterocycles. The van der Waals surface area contributed by atoms with Crippen molar-refractivity contribution in [2.24, 2.45) is 0 Å². The summed E-state index contributed by atoms with van der Waals surface area (Å²) in [6, 6.07) is 11.9. The molecule has 0 saturated carbocycles. The summed E-state index contributed by atoms with van der Waals surface area (Å²) in [7, 11) is 1.67. The molecule has 1 atom stereocenters. The van der Waals surface area contributed by atoms with Crippen molar-refractivity contribution >= 4 is 11.6 Å². The third-order valence-corrected chi connectivity index (χ3v) is 5.35. The van der Waals surface area contributed by atoms with Gasteiger partial charge >= 0.3 is 0 Å². The van der Waals surface area contributed by atoms with Crippen LogP contribution in [0.1, 0.15) is 27.7 Å². The normalized spacial score (nSPS) is 15.9. The first kappa shape index (κ1) is 19.4. The zero-order chi connectivity index (χ0) is 20.2. The second kappa shape index (κ2) is 8.63. The highest BCUT2D eigenvalue weighted by Crippen LogP contribution is 2.29. The molecule has 4 rings (SSSR count). The Morgan fingerprint density at radius 2 is 2.03 bits per heavy atom. The van der Waals surface area contributed by atoms with Gasteiger partial charge in [-0.2, -0.15) is 0 Å². The largest absolute Gasteiger partial charge is 0.496 e. The summed E-state index contributed by atoms with van der Waals surface area (Å²) < 4.78 is 13.0. The van der Waals surface area contributed by atoms with E-state index >= 15 is 0 Å². The van der Waals surface area contributed by atoms with Crippen molar-refractivity contribution in [2.45, 2.75) is 13.0 Å². The smallest absolute Gasteiger partial charge is 0.271 e. The van der Waals surface area contributed by atoms with Crippen molar-refractivity contribution in [3.63, 3.8) is 0 Å². The summed E-state index contributed by atoms with van der Waals surface area (Å²) in [6.07, 6.45) is 3.67. The molecule has 1 amide bonds. The van der Waals surface area contributed by atoms with Gasteiger partial charge < -0.3 is 19.2 Å². The molecule has 3 aromatic rings. The minimum Gasteiger partial charge on any atom is -0.496 e. The maximum atomic E-state index is 12.8. The van der Waals surface area contributed by atoms with Gasteiger partial charge in [0.2, 0.25) is 0 Å². The van der Waals surface area contributed by atoms with Crippen LogP contribution in [-0.2, 0) is 4.74 Å². The number of benzene rings is 1. The SMILES string of the molecule is COc1ccccc1[C@H](CNC(=O)c1cn2cccc(C)c2n1)N1CCOCC1. The molecular formula is C22H26N4O3. The molecule has 152 valence electrons. The number of hydrogen-bond acceptors (Lipinski definition) is 5. The molecule has 1 aliphatic rings. The van der Waals surface area contributed by atoms with Crippen molar-refractivity contribution in [3.8, 4) is 5.75 Å². The molecule has 1 fully saturated rings. The lowest BCUT2D eigenvalue weighted by Gasteiger charge is -2.35. The van der Waals surface area contributed by atoms with Gasteiger partial charge in [0.25, 0.3) is 5.91 Å². The number of aromatic nitrogens is 2. The van der Waals surface area contributed by atoms with Gasteiger partial charge in [0, 0.05) is 37.6 Å². The van der Waals surface area contributed by atoms with Crippen LogP contribution < -0.4 is 10.1 Å². The lowest BCUT2D eigenvalue weighted by Crippen LogP contribution is -2.44. The summed E-state index contributed by atoms with van der Waals surface area (Å²) in [5, 5.41) is 3.07. The van der Waals surface area contributed by atoms with Crippen LogP contribution in [0.25, 0.3) is 5.65 Å². The van der Waals surface area contributed by atoms with Crippen LogP contribution in [0.15, 0.2) is 48.8 Å². The van der Waals surface area contributed by atoms with Crippen LogP contribution in [-0.4, -0.2) is 60.1 Å². The number of imidazole rings is 1. The number of para-hydroxylation sites is 1. The van der Waals surface area contributed by atoms with Crippen LogP contribution >= 0.6 is 0 Å². The molecule has 2 aromatic heterocycles. The summed E-state index contributed by atoms with van der Waals surface area (Å²) in [5.41, 5.74) is 3.31. The van der Waals surface area contributed by atoms with E-state index in [1.165, 1.54) is 0 Å². The average Bonchev–Trinajstić information content (AvgIpc) is 3.21. The van der Waals surface area contributed by atoms with E-state index in [2.05, 4.69) is 21.3 Å². The summed E-state index contributed by atoms with van der Waals surface area (Å²) in [4.78, 5) is 19.7. The van der Waals surface area contributed by atoms with Gasteiger partial charge in [0.15, 0.2) is 0 Å². The minimum absolute atomic E-state index is 0.00207. The number of fused-ring (bicyclic) bond motifs is 1. The Morgan fingerprint density at radius 1 is 1.24 bits per heavy atom. The van der Waals surface area contributed by atoms with E-state index in [1.807, 2.05) is 47.9 Å². The lowest BCUT2D eigenvalue weighted by atomic mass is 10.0. The molecule has 0 spiro atoms. The fourth-order valence-corrected chi connectivity index (χ4v) is 3.81. The number of carbonyl (C=O) groups is 1. The molecular weight excluding hydrogens is 368 g/mol. The van der Waals surface area contributed by atoms with Gasteiger partial charge in [-0.1, -0.05) is 24.3 Å². The maximum absolute atomic E-state index is 12.8. The van der Waals surface area contributed by atoms with Gasteiger partial charge in [0.1, 0.15) is 17.1 Å². The van der Waals surface area contributed by atoms with E-state index in [1.54, 1.807) is 13.3 Å². The Morgan fingerprint density at radius 3 is 2.79 bits per heavy atom. The Labute approximate surface area is 170 Å². The molecule has 7 heteroatoms. The van der Waals surface area contributed by atoms with Gasteiger partial charge in [0.05, 0.1) is 26.4 Å². The fourth-order valence-electron chi connectivity index (χ4n) is 3.81. The van der Waals surface area contributed by atoms with Crippen LogP contribution in [0, 0.1) is 6.92 Å². The first-order valence-electron chi connectivity index (χ1n) is 9.84. The zero-order valence-corrected chi connectivity index (χ0v) is 16.8. The van der Waals surface area contributed by atoms with Gasteiger partial charge in [-0.15, -0.1) is 0 Å². The molecule has 3 heterocycles. The predicted octanol–water partition coefficient (Wildman–Crippen LogP) is 2.45. The molecule has 1 saturated heterocycles. The number of nitrogens with one attached hydrogen (secondary N) is 1. The van der Waals surface area contributed by atoms with Crippen molar-refractivity contribution in [1.29, 1.82) is 0 Å². The van der Waals surface area contributed by atoms with Crippen LogP contribution in [0.4, 0.5) is 0 Å². The molecule has 0 bridgehead atoms. The Hall–Kier alpha value is -2.90. The predicted molar refractivity (Wildman–Crippen MR) is 110 cm³/mol. The summed E-state index contributed by atoms with van der Waals surface area (Å²) in [5.74, 6) is 0.642. The maximum Gasteiger partial charge on any atom is 0.271 e. The van der Waals surface area contributed by atoms with Gasteiger partial charge in [-0.3, -0.25) is 9.69 Å². The highest BCUT2D eigenvalue weighted by Gasteiger charge is 2.26. The number of ether oxygens (including phenoxy) is 2. The number of amides is 1. The number of hydrogen-bond donors (Lipinski definition) is 1. The Balaban J connectivity index is 1.55. The van der Waals surface area contributed by atoms with E-state index in [0.29, 0.717) is 25.5 Å². The zero-order valence-electron chi connectivity index (χ0n) is 16.8. The second-order valence-corrected chi connectivity index (χ2v) is 7.16. The lowest BCUT2D eigenvalue weighted by molar-refractivity contribution is 0.0157. The molecule has 0 unspecified atom stereocenters. The number of carbonyl (C=O) groups excluding carboxylic acids is 1.